The van der Waals surface area contributed by atoms with E-state index in [2.05, 4.69) is 16.0 Å². The zero-order valence-corrected chi connectivity index (χ0v) is 20.7. The van der Waals surface area contributed by atoms with Gasteiger partial charge in [0.15, 0.2) is 0 Å². The van der Waals surface area contributed by atoms with E-state index in [1.165, 1.54) is 26.1 Å². The van der Waals surface area contributed by atoms with Crippen LogP contribution in [0.25, 0.3) is 0 Å². The molecule has 3 N–H and O–H groups in total. The van der Waals surface area contributed by atoms with E-state index in [1.54, 1.807) is 10.6 Å². The molecule has 1 atom stereocenters. The van der Waals surface area contributed by atoms with E-state index in [4.69, 9.17) is 5.26 Å². The summed E-state index contributed by atoms with van der Waals surface area (Å²) in [6, 6.07) is 5.16. The molecule has 196 valence electrons. The quantitative estimate of drug-likeness (QED) is 0.366. The molecule has 2 aromatic rings. The lowest BCUT2D eigenvalue weighted by molar-refractivity contribution is -0.134. The predicted octanol–water partition coefficient (Wildman–Crippen LogP) is 2.85. The van der Waals surface area contributed by atoms with Crippen molar-refractivity contribution >= 4 is 29.2 Å². The highest BCUT2D eigenvalue weighted by molar-refractivity contribution is 6.44. The highest BCUT2D eigenvalue weighted by Gasteiger charge is 2.44. The van der Waals surface area contributed by atoms with Crippen LogP contribution in [0.15, 0.2) is 18.2 Å². The summed E-state index contributed by atoms with van der Waals surface area (Å²) in [6.07, 6.45) is -0.0656. The lowest BCUT2D eigenvalue weighted by Crippen LogP contribution is -2.59. The first-order valence-corrected chi connectivity index (χ1v) is 11.4. The van der Waals surface area contributed by atoms with Crippen molar-refractivity contribution in [1.29, 1.82) is 5.26 Å². The molecule has 1 aromatic carbocycles. The molecule has 1 aliphatic heterocycles. The fraction of sp³-hybridized carbons (Fsp3) is 0.400. The van der Waals surface area contributed by atoms with Crippen molar-refractivity contribution in [3.63, 3.8) is 0 Å². The molecule has 3 amide bonds. The molecule has 0 spiro atoms. The second-order valence-electron chi connectivity index (χ2n) is 9.25. The van der Waals surface area contributed by atoms with Crippen LogP contribution < -0.4 is 16.0 Å². The van der Waals surface area contributed by atoms with Gasteiger partial charge in [0.2, 0.25) is 11.8 Å². The molecule has 3 rings (SSSR count). The number of ketones is 1. The number of halogens is 3. The van der Waals surface area contributed by atoms with Crippen molar-refractivity contribution in [3.8, 4) is 6.07 Å². The monoisotopic (exact) mass is 517 g/mol. The lowest BCUT2D eigenvalue weighted by Gasteiger charge is -2.31. The van der Waals surface area contributed by atoms with E-state index in [9.17, 15) is 32.3 Å². The highest BCUT2D eigenvalue weighted by atomic mass is 19.3. The molecule has 37 heavy (non-hydrogen) atoms. The van der Waals surface area contributed by atoms with Crippen molar-refractivity contribution in [2.75, 3.05) is 12.4 Å². The summed E-state index contributed by atoms with van der Waals surface area (Å²) in [4.78, 5) is 51.6. The Kier molecular flexibility index (Phi) is 7.48. The molecule has 2 heterocycles. The maximum atomic E-state index is 13.8. The number of anilines is 1. The third-order valence-corrected chi connectivity index (χ3v) is 6.18. The van der Waals surface area contributed by atoms with Crippen LogP contribution in [0, 0.1) is 24.1 Å². The molecule has 0 saturated heterocycles. The molecular formula is C25H26F3N5O4. The minimum Gasteiger partial charge on any atom is -0.357 e. The topological polar surface area (TPSA) is 133 Å². The average molecular weight is 518 g/mol. The Morgan fingerprint density at radius 3 is 2.46 bits per heavy atom. The van der Waals surface area contributed by atoms with E-state index >= 15 is 0 Å². The maximum Gasteiger partial charge on any atom is 0.293 e. The van der Waals surface area contributed by atoms with Crippen LogP contribution in [-0.4, -0.2) is 46.6 Å². The summed E-state index contributed by atoms with van der Waals surface area (Å²) in [5, 5.41) is 16.0. The zero-order valence-electron chi connectivity index (χ0n) is 20.7. The number of nitrogens with zero attached hydrogens (tertiary/aromatic N) is 2. The Labute approximate surface area is 211 Å². The third-order valence-electron chi connectivity index (χ3n) is 6.18. The Morgan fingerprint density at radius 1 is 1.19 bits per heavy atom. The normalized spacial score (nSPS) is 14.2. The van der Waals surface area contributed by atoms with Gasteiger partial charge in [0.1, 0.15) is 23.1 Å². The number of amides is 3. The lowest BCUT2D eigenvalue weighted by atomic mass is 9.92. The summed E-state index contributed by atoms with van der Waals surface area (Å²) in [7, 11) is 1.22. The maximum absolute atomic E-state index is 13.8. The van der Waals surface area contributed by atoms with Gasteiger partial charge in [-0.25, -0.2) is 13.2 Å². The number of likely N-dealkylation sites (N-methyl/N-ethyl adjacent to an activating group) is 1. The Hall–Kier alpha value is -4.14. The van der Waals surface area contributed by atoms with Crippen molar-refractivity contribution in [2.45, 2.75) is 58.0 Å². The second kappa shape index (κ2) is 10.1. The summed E-state index contributed by atoms with van der Waals surface area (Å²) in [5.74, 6) is -7.93. The van der Waals surface area contributed by atoms with E-state index in [0.717, 1.165) is 13.0 Å². The first-order chi connectivity index (χ1) is 17.2. The van der Waals surface area contributed by atoms with Crippen molar-refractivity contribution < 1.29 is 32.3 Å². The molecule has 1 aromatic heterocycles. The highest BCUT2D eigenvalue weighted by Crippen LogP contribution is 2.31. The number of alkyl halides is 2. The first kappa shape index (κ1) is 27.4. The smallest absolute Gasteiger partial charge is 0.293 e. The number of Topliss-reactive ketones (excluding diaryl/α,β-unsaturated/α-hetero) is 1. The van der Waals surface area contributed by atoms with Crippen LogP contribution in [0.1, 0.15) is 64.4 Å². The molecule has 9 nitrogen and oxygen atoms in total. The molecule has 1 unspecified atom stereocenters. The largest absolute Gasteiger partial charge is 0.357 e. The van der Waals surface area contributed by atoms with Gasteiger partial charge in [0, 0.05) is 31.4 Å². The summed E-state index contributed by atoms with van der Waals surface area (Å²) >= 11 is 0. The van der Waals surface area contributed by atoms with E-state index in [-0.39, 0.29) is 28.1 Å². The number of hydrogen-bond donors (Lipinski definition) is 3. The number of carbonyl (C=O) groups is 4. The molecule has 12 heteroatoms. The predicted molar refractivity (Wildman–Crippen MR) is 127 cm³/mol. The van der Waals surface area contributed by atoms with Gasteiger partial charge in [-0.2, -0.15) is 5.26 Å². The molecule has 0 bridgehead atoms. The molecular weight excluding hydrogens is 491 g/mol. The average Bonchev–Trinajstić information content (AvgIpc) is 3.37. The minimum absolute atomic E-state index is 0.0421. The number of rotatable bonds is 8. The van der Waals surface area contributed by atoms with E-state index in [1.807, 2.05) is 0 Å². The fourth-order valence-electron chi connectivity index (χ4n) is 4.69. The second-order valence-corrected chi connectivity index (χ2v) is 9.25. The Bertz CT molecular complexity index is 1340. The number of carbonyl (C=O) groups excluding carboxylic acids is 4. The minimum atomic E-state index is -3.32. The molecule has 1 aliphatic rings. The molecule has 0 aliphatic carbocycles. The number of benzene rings is 1. The summed E-state index contributed by atoms with van der Waals surface area (Å²) < 4.78 is 42.8. The van der Waals surface area contributed by atoms with Gasteiger partial charge in [-0.15, -0.1) is 0 Å². The van der Waals surface area contributed by atoms with E-state index < -0.39 is 47.2 Å². The van der Waals surface area contributed by atoms with Gasteiger partial charge in [0.05, 0.1) is 11.1 Å². The van der Waals surface area contributed by atoms with Gasteiger partial charge < -0.3 is 20.5 Å². The van der Waals surface area contributed by atoms with Gasteiger partial charge in [0.25, 0.3) is 17.6 Å². The van der Waals surface area contributed by atoms with Crippen LogP contribution in [0.5, 0.6) is 0 Å². The Morgan fingerprint density at radius 2 is 1.86 bits per heavy atom. The number of hydrogen-bond acceptors (Lipinski definition) is 5. The molecule has 0 radical (unpaired) electrons. The van der Waals surface area contributed by atoms with Crippen LogP contribution in [-0.2, 0) is 22.6 Å². The van der Waals surface area contributed by atoms with Crippen LogP contribution >= 0.6 is 0 Å². The van der Waals surface area contributed by atoms with Crippen LogP contribution in [0.2, 0.25) is 0 Å². The standard InChI is InChI=1S/C25H26F3N5O4/c1-13-18(20(34)22(36)32-24(2,23(37)30-4)12-25(3,27)28)17-6-5-9-33(17)19(13)21(35)31-15-7-8-16(26)14(10-15)11-29/h7-8,10H,5-6,9,12H2,1-4H3,(H,30,37)(H,31,35)(H,32,36). The van der Waals surface area contributed by atoms with Crippen LogP contribution in [0.3, 0.4) is 0 Å². The summed E-state index contributed by atoms with van der Waals surface area (Å²) in [5.41, 5.74) is -1.50. The van der Waals surface area contributed by atoms with Crippen LogP contribution in [0.4, 0.5) is 18.9 Å². The summed E-state index contributed by atoms with van der Waals surface area (Å²) in [6.45, 7) is 3.56. The van der Waals surface area contributed by atoms with Gasteiger partial charge in [-0.05, 0) is 57.4 Å². The van der Waals surface area contributed by atoms with Crippen molar-refractivity contribution in [3.05, 3.63) is 52.1 Å². The van der Waals surface area contributed by atoms with Gasteiger partial charge in [-0.1, -0.05) is 0 Å². The van der Waals surface area contributed by atoms with Gasteiger partial charge >= 0.3 is 0 Å². The third kappa shape index (κ3) is 5.50. The Balaban J connectivity index is 1.94. The van der Waals surface area contributed by atoms with Crippen molar-refractivity contribution in [2.24, 2.45) is 0 Å². The van der Waals surface area contributed by atoms with E-state index in [0.29, 0.717) is 32.0 Å². The number of nitrogens with one attached hydrogen (secondary N) is 3. The molecule has 0 saturated carbocycles. The number of nitriles is 1. The zero-order chi connectivity index (χ0) is 27.7. The fourth-order valence-corrected chi connectivity index (χ4v) is 4.69. The molecule has 0 fully saturated rings. The first-order valence-electron chi connectivity index (χ1n) is 11.4. The van der Waals surface area contributed by atoms with Crippen molar-refractivity contribution in [1.82, 2.24) is 15.2 Å². The van der Waals surface area contributed by atoms with Gasteiger partial charge in [-0.3, -0.25) is 19.2 Å². The number of fused-ring (bicyclic) bond motifs is 1. The SMILES string of the molecule is CNC(=O)C(C)(CC(C)(F)F)NC(=O)C(=O)c1c(C)c(C(=O)Nc2ccc(F)c(C#N)c2)n2c1CCC2. The number of aromatic nitrogens is 1.